The first-order chi connectivity index (χ1) is 8.50. The Balaban J connectivity index is 2.50. The van der Waals surface area contributed by atoms with Crippen molar-refractivity contribution in [2.24, 2.45) is 0 Å². The highest BCUT2D eigenvalue weighted by molar-refractivity contribution is 8.00. The van der Waals surface area contributed by atoms with E-state index < -0.39 is 5.54 Å². The maximum atomic E-state index is 13.3. The molecule has 3 N–H and O–H groups in total. The number of rotatable bonds is 6. The van der Waals surface area contributed by atoms with E-state index in [-0.39, 0.29) is 30.7 Å². The maximum Gasteiger partial charge on any atom is 0.230 e. The minimum absolute atomic E-state index is 0.0243. The second-order valence-corrected chi connectivity index (χ2v) is 5.16. The van der Waals surface area contributed by atoms with Crippen LogP contribution in [0.5, 0.6) is 0 Å². The molecule has 0 bridgehead atoms. The number of hydrogen-bond acceptors (Lipinski definition) is 4. The molecule has 1 amide bonds. The smallest absolute Gasteiger partial charge is 0.230 e. The zero-order valence-electron chi connectivity index (χ0n) is 10.0. The molecule has 0 unspecified atom stereocenters. The van der Waals surface area contributed by atoms with Crippen molar-refractivity contribution >= 4 is 17.7 Å². The van der Waals surface area contributed by atoms with Crippen LogP contribution in [-0.4, -0.2) is 40.6 Å². The number of thioether (sulfide) groups is 1. The molecule has 1 aromatic rings. The van der Waals surface area contributed by atoms with Crippen molar-refractivity contribution in [2.75, 3.05) is 19.0 Å². The molecule has 0 atom stereocenters. The predicted molar refractivity (Wildman–Crippen MR) is 67.8 cm³/mol. The summed E-state index contributed by atoms with van der Waals surface area (Å²) in [4.78, 5) is 12.0. The fourth-order valence-electron chi connectivity index (χ4n) is 1.21. The summed E-state index contributed by atoms with van der Waals surface area (Å²) < 4.78 is 13.3. The fraction of sp³-hybridized carbons (Fsp3) is 0.417. The van der Waals surface area contributed by atoms with Gasteiger partial charge in [-0.15, -0.1) is 11.8 Å². The second-order valence-electron chi connectivity index (χ2n) is 4.14. The van der Waals surface area contributed by atoms with Crippen molar-refractivity contribution in [3.05, 3.63) is 30.1 Å². The molecule has 0 heterocycles. The van der Waals surface area contributed by atoms with Crippen LogP contribution in [0, 0.1) is 5.82 Å². The predicted octanol–water partition coefficient (Wildman–Crippen LogP) is 0.777. The highest BCUT2D eigenvalue weighted by Crippen LogP contribution is 2.20. The van der Waals surface area contributed by atoms with Gasteiger partial charge in [0.05, 0.1) is 24.5 Å². The molecule has 18 heavy (non-hydrogen) atoms. The number of amides is 1. The molecule has 100 valence electrons. The van der Waals surface area contributed by atoms with E-state index in [1.165, 1.54) is 13.0 Å². The zero-order chi connectivity index (χ0) is 13.6. The highest BCUT2D eigenvalue weighted by atomic mass is 32.2. The number of carbonyl (C=O) groups excluding carboxylic acids is 1. The van der Waals surface area contributed by atoms with Gasteiger partial charge in [0, 0.05) is 4.90 Å². The molecule has 0 saturated carbocycles. The molecule has 0 saturated heterocycles. The molecule has 0 aliphatic rings. The molecule has 0 aliphatic heterocycles. The summed E-state index contributed by atoms with van der Waals surface area (Å²) >= 11 is 1.07. The first kappa shape index (κ1) is 14.9. The van der Waals surface area contributed by atoms with E-state index in [1.54, 1.807) is 18.2 Å². The SMILES string of the molecule is CC(CO)(CO)NC(=O)CSc1ccccc1F. The minimum Gasteiger partial charge on any atom is -0.394 e. The van der Waals surface area contributed by atoms with Crippen molar-refractivity contribution in [2.45, 2.75) is 17.4 Å². The van der Waals surface area contributed by atoms with Crippen LogP contribution < -0.4 is 5.32 Å². The number of benzene rings is 1. The first-order valence-corrected chi connectivity index (χ1v) is 6.39. The third-order valence-electron chi connectivity index (χ3n) is 2.33. The third-order valence-corrected chi connectivity index (χ3v) is 3.38. The summed E-state index contributed by atoms with van der Waals surface area (Å²) in [6.45, 7) is 0.803. The van der Waals surface area contributed by atoms with Crippen molar-refractivity contribution in [1.29, 1.82) is 0 Å². The van der Waals surface area contributed by atoms with Gasteiger partial charge >= 0.3 is 0 Å². The Hall–Kier alpha value is -1.11. The minimum atomic E-state index is -1.05. The third kappa shape index (κ3) is 4.29. The van der Waals surface area contributed by atoms with E-state index in [4.69, 9.17) is 10.2 Å². The van der Waals surface area contributed by atoms with Crippen molar-refractivity contribution in [1.82, 2.24) is 5.32 Å². The van der Waals surface area contributed by atoms with E-state index in [2.05, 4.69) is 5.32 Å². The number of hydrogen-bond donors (Lipinski definition) is 3. The van der Waals surface area contributed by atoms with Gasteiger partial charge in [-0.3, -0.25) is 4.79 Å². The highest BCUT2D eigenvalue weighted by Gasteiger charge is 2.24. The standard InChI is InChI=1S/C12H16FNO3S/c1-12(7-15,8-16)14-11(17)6-18-10-5-3-2-4-9(10)13/h2-5,15-16H,6-8H2,1H3,(H,14,17). The van der Waals surface area contributed by atoms with Crippen molar-refractivity contribution in [3.8, 4) is 0 Å². The lowest BCUT2D eigenvalue weighted by Gasteiger charge is -2.26. The van der Waals surface area contributed by atoms with Gasteiger partial charge in [-0.25, -0.2) is 4.39 Å². The molecule has 1 aromatic carbocycles. The molecule has 0 aliphatic carbocycles. The number of carbonyl (C=O) groups is 1. The Bertz CT molecular complexity index is 410. The topological polar surface area (TPSA) is 69.6 Å². The average Bonchev–Trinajstić information content (AvgIpc) is 2.37. The Morgan fingerprint density at radius 2 is 2.00 bits per heavy atom. The van der Waals surface area contributed by atoms with E-state index >= 15 is 0 Å². The molecule has 1 rings (SSSR count). The lowest BCUT2D eigenvalue weighted by atomic mass is 10.1. The zero-order valence-corrected chi connectivity index (χ0v) is 10.8. The van der Waals surface area contributed by atoms with Crippen LogP contribution in [0.3, 0.4) is 0 Å². The lowest BCUT2D eigenvalue weighted by molar-refractivity contribution is -0.121. The average molecular weight is 273 g/mol. The number of halogens is 1. The van der Waals surface area contributed by atoms with Crippen LogP contribution in [0.1, 0.15) is 6.92 Å². The number of aliphatic hydroxyl groups is 2. The largest absolute Gasteiger partial charge is 0.394 e. The number of nitrogens with one attached hydrogen (secondary N) is 1. The monoisotopic (exact) mass is 273 g/mol. The molecule has 0 spiro atoms. The molecule has 4 nitrogen and oxygen atoms in total. The van der Waals surface area contributed by atoms with Crippen molar-refractivity contribution in [3.63, 3.8) is 0 Å². The van der Waals surface area contributed by atoms with Gasteiger partial charge in [-0.2, -0.15) is 0 Å². The van der Waals surface area contributed by atoms with Gasteiger partial charge in [0.25, 0.3) is 0 Å². The summed E-state index contributed by atoms with van der Waals surface area (Å²) in [7, 11) is 0. The fourth-order valence-corrected chi connectivity index (χ4v) is 1.95. The molecule has 6 heteroatoms. The molecular weight excluding hydrogens is 257 g/mol. The second kappa shape index (κ2) is 6.72. The Morgan fingerprint density at radius 3 is 2.56 bits per heavy atom. The molecule has 0 radical (unpaired) electrons. The summed E-state index contributed by atoms with van der Waals surface area (Å²) in [6.07, 6.45) is 0. The van der Waals surface area contributed by atoms with Gasteiger partial charge in [0.15, 0.2) is 0 Å². The van der Waals surface area contributed by atoms with Gasteiger partial charge < -0.3 is 15.5 Å². The van der Waals surface area contributed by atoms with Crippen LogP contribution in [0.2, 0.25) is 0 Å². The van der Waals surface area contributed by atoms with Crippen LogP contribution in [0.15, 0.2) is 29.2 Å². The summed E-state index contributed by atoms with van der Waals surface area (Å²) in [5, 5.41) is 20.5. The Kier molecular flexibility index (Phi) is 5.58. The normalized spacial score (nSPS) is 11.3. The van der Waals surface area contributed by atoms with Gasteiger partial charge in [-0.1, -0.05) is 12.1 Å². The van der Waals surface area contributed by atoms with E-state index in [1.807, 2.05) is 0 Å². The van der Waals surface area contributed by atoms with Crippen LogP contribution in [0.25, 0.3) is 0 Å². The summed E-state index contributed by atoms with van der Waals surface area (Å²) in [5.41, 5.74) is -1.05. The maximum absolute atomic E-state index is 13.3. The van der Waals surface area contributed by atoms with E-state index in [0.29, 0.717) is 4.90 Å². The first-order valence-electron chi connectivity index (χ1n) is 5.41. The molecule has 0 aromatic heterocycles. The number of aliphatic hydroxyl groups excluding tert-OH is 2. The Labute approximate surface area is 109 Å². The van der Waals surface area contributed by atoms with Gasteiger partial charge in [-0.05, 0) is 19.1 Å². The molecular formula is C12H16FNO3S. The van der Waals surface area contributed by atoms with E-state index in [9.17, 15) is 9.18 Å². The Morgan fingerprint density at radius 1 is 1.39 bits per heavy atom. The van der Waals surface area contributed by atoms with Crippen LogP contribution in [0.4, 0.5) is 4.39 Å². The van der Waals surface area contributed by atoms with Crippen LogP contribution in [-0.2, 0) is 4.79 Å². The van der Waals surface area contributed by atoms with Gasteiger partial charge in [0.2, 0.25) is 5.91 Å². The summed E-state index contributed by atoms with van der Waals surface area (Å²) in [6, 6.07) is 6.18. The van der Waals surface area contributed by atoms with Gasteiger partial charge in [0.1, 0.15) is 5.82 Å². The summed E-state index contributed by atoms with van der Waals surface area (Å²) in [5.74, 6) is -0.715. The quantitative estimate of drug-likeness (QED) is 0.670. The van der Waals surface area contributed by atoms with E-state index in [0.717, 1.165) is 11.8 Å². The van der Waals surface area contributed by atoms with Crippen LogP contribution >= 0.6 is 11.8 Å². The lowest BCUT2D eigenvalue weighted by Crippen LogP contribution is -2.52. The molecule has 0 fully saturated rings. The van der Waals surface area contributed by atoms with Crippen molar-refractivity contribution < 1.29 is 19.4 Å².